The van der Waals surface area contributed by atoms with Gasteiger partial charge in [0.15, 0.2) is 0 Å². The Morgan fingerprint density at radius 2 is 1.73 bits per heavy atom. The molecule has 2 aromatic carbocycles. The van der Waals surface area contributed by atoms with E-state index in [0.717, 1.165) is 21.6 Å². The van der Waals surface area contributed by atoms with Crippen LogP contribution in [0.5, 0.6) is 0 Å². The first kappa shape index (κ1) is 20.4. The van der Waals surface area contributed by atoms with E-state index >= 15 is 0 Å². The quantitative estimate of drug-likeness (QED) is 0.313. The standard InChI is InChI=1S/C24H20ClNO3S/c1-13-6-8-16(11-15(13)3)22(27)20-21(19-5-4-10-30-19)26(24(29)23(20)28)17-9-7-14(2)18(25)12-17/h4-12,21,27H,1-3H3/b22-20-. The number of rotatable bonds is 3. The lowest BCUT2D eigenvalue weighted by atomic mass is 9.97. The highest BCUT2D eigenvalue weighted by molar-refractivity contribution is 7.10. The lowest BCUT2D eigenvalue weighted by Gasteiger charge is -2.24. The summed E-state index contributed by atoms with van der Waals surface area (Å²) in [6.07, 6.45) is 0. The molecular weight excluding hydrogens is 418 g/mol. The number of Topliss-reactive ketones (excluding diaryl/α,β-unsaturated/α-hetero) is 1. The summed E-state index contributed by atoms with van der Waals surface area (Å²) in [6, 6.07) is 13.7. The minimum Gasteiger partial charge on any atom is -0.507 e. The third-order valence-electron chi connectivity index (χ3n) is 5.47. The fourth-order valence-electron chi connectivity index (χ4n) is 3.59. The average Bonchev–Trinajstić information content (AvgIpc) is 3.33. The van der Waals surface area contributed by atoms with Crippen LogP contribution >= 0.6 is 22.9 Å². The number of aliphatic hydroxyl groups is 1. The highest BCUT2D eigenvalue weighted by Crippen LogP contribution is 2.44. The molecule has 0 aliphatic carbocycles. The Bertz CT molecular complexity index is 1200. The monoisotopic (exact) mass is 437 g/mol. The molecule has 152 valence electrons. The Hall–Kier alpha value is -2.89. The second kappa shape index (κ2) is 7.74. The van der Waals surface area contributed by atoms with Crippen LogP contribution in [-0.2, 0) is 9.59 Å². The molecule has 1 aliphatic heterocycles. The molecule has 1 aliphatic rings. The van der Waals surface area contributed by atoms with Crippen molar-refractivity contribution >= 4 is 46.1 Å². The summed E-state index contributed by atoms with van der Waals surface area (Å²) in [4.78, 5) is 28.4. The third kappa shape index (κ3) is 3.34. The molecule has 0 radical (unpaired) electrons. The van der Waals surface area contributed by atoms with Gasteiger partial charge in [-0.05, 0) is 67.1 Å². The van der Waals surface area contributed by atoms with Crippen molar-refractivity contribution in [2.24, 2.45) is 0 Å². The van der Waals surface area contributed by atoms with Gasteiger partial charge in [-0.15, -0.1) is 11.3 Å². The Labute approximate surface area is 184 Å². The summed E-state index contributed by atoms with van der Waals surface area (Å²) in [5.41, 5.74) is 4.06. The van der Waals surface area contributed by atoms with E-state index in [4.69, 9.17) is 11.6 Å². The summed E-state index contributed by atoms with van der Waals surface area (Å²) >= 11 is 7.72. The number of nitrogens with zero attached hydrogens (tertiary/aromatic N) is 1. The molecule has 0 bridgehead atoms. The first-order chi connectivity index (χ1) is 14.3. The summed E-state index contributed by atoms with van der Waals surface area (Å²) < 4.78 is 0. The summed E-state index contributed by atoms with van der Waals surface area (Å²) in [5, 5.41) is 13.5. The predicted molar refractivity (Wildman–Crippen MR) is 121 cm³/mol. The van der Waals surface area contributed by atoms with E-state index in [0.29, 0.717) is 16.3 Å². The zero-order valence-corrected chi connectivity index (χ0v) is 18.3. The van der Waals surface area contributed by atoms with Crippen LogP contribution in [0.3, 0.4) is 0 Å². The lowest BCUT2D eigenvalue weighted by Crippen LogP contribution is -2.29. The second-order valence-corrected chi connectivity index (χ2v) is 8.80. The second-order valence-electron chi connectivity index (χ2n) is 7.42. The van der Waals surface area contributed by atoms with Crippen molar-refractivity contribution < 1.29 is 14.7 Å². The van der Waals surface area contributed by atoms with Crippen LogP contribution in [0.15, 0.2) is 59.5 Å². The maximum absolute atomic E-state index is 13.1. The van der Waals surface area contributed by atoms with Crippen molar-refractivity contribution in [2.45, 2.75) is 26.8 Å². The number of anilines is 1. The largest absolute Gasteiger partial charge is 0.507 e. The predicted octanol–water partition coefficient (Wildman–Crippen LogP) is 5.95. The Kier molecular flexibility index (Phi) is 5.26. The number of aryl methyl sites for hydroxylation is 3. The highest BCUT2D eigenvalue weighted by atomic mass is 35.5. The molecule has 1 fully saturated rings. The minimum absolute atomic E-state index is 0.0856. The number of carbonyl (C=O) groups is 2. The number of thiophene rings is 1. The van der Waals surface area contributed by atoms with E-state index in [-0.39, 0.29) is 11.3 Å². The van der Waals surface area contributed by atoms with E-state index in [1.165, 1.54) is 16.2 Å². The normalized spacial score (nSPS) is 18.3. The molecule has 4 rings (SSSR count). The highest BCUT2D eigenvalue weighted by Gasteiger charge is 2.47. The van der Waals surface area contributed by atoms with E-state index in [1.807, 2.05) is 56.5 Å². The molecule has 1 atom stereocenters. The lowest BCUT2D eigenvalue weighted by molar-refractivity contribution is -0.132. The van der Waals surface area contributed by atoms with Gasteiger partial charge in [0.2, 0.25) is 0 Å². The molecule has 30 heavy (non-hydrogen) atoms. The van der Waals surface area contributed by atoms with Crippen LogP contribution in [0.4, 0.5) is 5.69 Å². The Balaban J connectivity index is 1.93. The van der Waals surface area contributed by atoms with Gasteiger partial charge < -0.3 is 5.11 Å². The summed E-state index contributed by atoms with van der Waals surface area (Å²) in [7, 11) is 0. The van der Waals surface area contributed by atoms with Gasteiger partial charge in [0.1, 0.15) is 11.8 Å². The van der Waals surface area contributed by atoms with Crippen LogP contribution in [-0.4, -0.2) is 16.8 Å². The minimum atomic E-state index is -0.717. The molecule has 1 unspecified atom stereocenters. The van der Waals surface area contributed by atoms with Crippen LogP contribution in [0, 0.1) is 20.8 Å². The zero-order chi connectivity index (χ0) is 21.6. The molecule has 6 heteroatoms. The summed E-state index contributed by atoms with van der Waals surface area (Å²) in [6.45, 7) is 5.79. The van der Waals surface area contributed by atoms with Gasteiger partial charge in [-0.3, -0.25) is 14.5 Å². The number of halogens is 1. The number of hydrogen-bond acceptors (Lipinski definition) is 4. The SMILES string of the molecule is Cc1ccc(/C(O)=C2/C(=O)C(=O)N(c3ccc(C)c(Cl)c3)C2c2cccs2)cc1C. The third-order valence-corrected chi connectivity index (χ3v) is 6.80. The molecule has 1 aromatic heterocycles. The zero-order valence-electron chi connectivity index (χ0n) is 16.8. The van der Waals surface area contributed by atoms with E-state index in [1.54, 1.807) is 18.2 Å². The summed E-state index contributed by atoms with van der Waals surface area (Å²) in [5.74, 6) is -1.56. The van der Waals surface area contributed by atoms with Gasteiger partial charge in [0.25, 0.3) is 11.7 Å². The van der Waals surface area contributed by atoms with Gasteiger partial charge >= 0.3 is 0 Å². The van der Waals surface area contributed by atoms with E-state index in [2.05, 4.69) is 0 Å². The molecule has 0 spiro atoms. The fourth-order valence-corrected chi connectivity index (χ4v) is 4.59. The molecule has 2 heterocycles. The van der Waals surface area contributed by atoms with Crippen molar-refractivity contribution in [1.29, 1.82) is 0 Å². The van der Waals surface area contributed by atoms with Crippen LogP contribution < -0.4 is 4.90 Å². The number of amides is 1. The van der Waals surface area contributed by atoms with Crippen LogP contribution in [0.2, 0.25) is 5.02 Å². The maximum Gasteiger partial charge on any atom is 0.300 e. The molecule has 1 N–H and O–H groups in total. The van der Waals surface area contributed by atoms with Gasteiger partial charge in [-0.25, -0.2) is 0 Å². The maximum atomic E-state index is 13.1. The smallest absolute Gasteiger partial charge is 0.300 e. The van der Waals surface area contributed by atoms with Crippen LogP contribution in [0.25, 0.3) is 5.76 Å². The number of aliphatic hydroxyl groups excluding tert-OH is 1. The molecular formula is C24H20ClNO3S. The van der Waals surface area contributed by atoms with Crippen molar-refractivity contribution in [3.05, 3.63) is 91.6 Å². The average molecular weight is 438 g/mol. The number of ketones is 1. The topological polar surface area (TPSA) is 57.6 Å². The molecule has 4 nitrogen and oxygen atoms in total. The van der Waals surface area contributed by atoms with Crippen molar-refractivity contribution in [3.63, 3.8) is 0 Å². The molecule has 1 saturated heterocycles. The van der Waals surface area contributed by atoms with Crippen molar-refractivity contribution in [1.82, 2.24) is 0 Å². The number of benzene rings is 2. The van der Waals surface area contributed by atoms with E-state index in [9.17, 15) is 14.7 Å². The number of carbonyl (C=O) groups excluding carboxylic acids is 2. The fraction of sp³-hybridized carbons (Fsp3) is 0.167. The van der Waals surface area contributed by atoms with Crippen LogP contribution in [0.1, 0.15) is 33.2 Å². The first-order valence-electron chi connectivity index (χ1n) is 9.47. The first-order valence-corrected chi connectivity index (χ1v) is 10.7. The van der Waals surface area contributed by atoms with Gasteiger partial charge in [0.05, 0.1) is 5.57 Å². The molecule has 3 aromatic rings. The van der Waals surface area contributed by atoms with E-state index < -0.39 is 17.7 Å². The number of hydrogen-bond donors (Lipinski definition) is 1. The van der Waals surface area contributed by atoms with Gasteiger partial charge in [-0.1, -0.05) is 35.9 Å². The molecule has 1 amide bonds. The van der Waals surface area contributed by atoms with Gasteiger partial charge in [0, 0.05) is 21.2 Å². The Morgan fingerprint density at radius 1 is 1.00 bits per heavy atom. The van der Waals surface area contributed by atoms with Gasteiger partial charge in [-0.2, -0.15) is 0 Å². The Morgan fingerprint density at radius 3 is 2.37 bits per heavy atom. The van der Waals surface area contributed by atoms with Crippen molar-refractivity contribution in [3.8, 4) is 0 Å². The van der Waals surface area contributed by atoms with Crippen molar-refractivity contribution in [2.75, 3.05) is 4.90 Å². The molecule has 0 saturated carbocycles.